The van der Waals surface area contributed by atoms with Gasteiger partial charge < -0.3 is 4.79 Å². The Labute approximate surface area is 69.5 Å². The van der Waals surface area contributed by atoms with Crippen molar-refractivity contribution in [3.05, 3.63) is 11.6 Å². The van der Waals surface area contributed by atoms with Crippen LogP contribution in [0.4, 0.5) is 0 Å². The highest BCUT2D eigenvalue weighted by molar-refractivity contribution is 5.75. The second-order valence-electron chi connectivity index (χ2n) is 3.04. The summed E-state index contributed by atoms with van der Waals surface area (Å²) in [7, 11) is 0. The fourth-order valence-corrected chi connectivity index (χ4v) is 0.866. The zero-order valence-corrected chi connectivity index (χ0v) is 7.81. The Morgan fingerprint density at radius 2 is 1.91 bits per heavy atom. The molecule has 0 amide bonds. The number of rotatable bonds is 5. The highest BCUT2D eigenvalue weighted by Crippen LogP contribution is 2.06. The van der Waals surface area contributed by atoms with Gasteiger partial charge in [0.1, 0.15) is 5.78 Å². The molecule has 0 aliphatic heterocycles. The standard InChI is InChI=1S/C10H18O/c1-4-5-6-9(2)7-8-10(3)11/h6H,4-5,7-8H2,1-3H3/b9-6+. The van der Waals surface area contributed by atoms with E-state index >= 15 is 0 Å². The quantitative estimate of drug-likeness (QED) is 0.556. The molecule has 0 radical (unpaired) electrons. The molecule has 0 atom stereocenters. The third-order valence-electron chi connectivity index (χ3n) is 1.65. The number of hydrogen-bond acceptors (Lipinski definition) is 1. The molecule has 11 heavy (non-hydrogen) atoms. The first-order valence-electron chi connectivity index (χ1n) is 4.32. The molecule has 0 aliphatic carbocycles. The SMILES string of the molecule is CCC/C=C(\C)CCC(C)=O. The van der Waals surface area contributed by atoms with Gasteiger partial charge in [-0.1, -0.05) is 25.0 Å². The van der Waals surface area contributed by atoms with Crippen LogP contribution in [0.15, 0.2) is 11.6 Å². The van der Waals surface area contributed by atoms with E-state index in [1.165, 1.54) is 12.0 Å². The lowest BCUT2D eigenvalue weighted by atomic mass is 10.1. The molecule has 1 nitrogen and oxygen atoms in total. The van der Waals surface area contributed by atoms with Gasteiger partial charge in [-0.25, -0.2) is 0 Å². The van der Waals surface area contributed by atoms with Gasteiger partial charge in [0.2, 0.25) is 0 Å². The number of carbonyl (C=O) groups excluding carboxylic acids is 1. The van der Waals surface area contributed by atoms with Gasteiger partial charge in [0.25, 0.3) is 0 Å². The fraction of sp³-hybridized carbons (Fsp3) is 0.700. The maximum atomic E-state index is 10.6. The van der Waals surface area contributed by atoms with Crippen LogP contribution in [0.1, 0.15) is 46.5 Å². The van der Waals surface area contributed by atoms with Gasteiger partial charge >= 0.3 is 0 Å². The lowest BCUT2D eigenvalue weighted by Crippen LogP contribution is -1.89. The summed E-state index contributed by atoms with van der Waals surface area (Å²) in [4.78, 5) is 10.6. The predicted octanol–water partition coefficient (Wildman–Crippen LogP) is 3.10. The Hall–Kier alpha value is -0.590. The molecule has 0 aliphatic rings. The predicted molar refractivity (Wildman–Crippen MR) is 48.6 cm³/mol. The zero-order chi connectivity index (χ0) is 8.69. The van der Waals surface area contributed by atoms with Crippen LogP contribution in [0, 0.1) is 0 Å². The normalized spacial score (nSPS) is 11.7. The number of hydrogen-bond donors (Lipinski definition) is 0. The van der Waals surface area contributed by atoms with Gasteiger partial charge in [-0.15, -0.1) is 0 Å². The van der Waals surface area contributed by atoms with E-state index in [2.05, 4.69) is 19.9 Å². The molecular weight excluding hydrogens is 136 g/mol. The van der Waals surface area contributed by atoms with Gasteiger partial charge in [-0.3, -0.25) is 0 Å². The minimum Gasteiger partial charge on any atom is -0.300 e. The zero-order valence-electron chi connectivity index (χ0n) is 7.81. The fourth-order valence-electron chi connectivity index (χ4n) is 0.866. The number of carbonyl (C=O) groups is 1. The molecule has 1 heteroatoms. The minimum absolute atomic E-state index is 0.286. The Kier molecular flexibility index (Phi) is 5.81. The summed E-state index contributed by atoms with van der Waals surface area (Å²) in [5.74, 6) is 0.286. The second kappa shape index (κ2) is 6.14. The summed E-state index contributed by atoms with van der Waals surface area (Å²) in [5, 5.41) is 0. The summed E-state index contributed by atoms with van der Waals surface area (Å²) >= 11 is 0. The number of unbranched alkanes of at least 4 members (excludes halogenated alkanes) is 1. The topological polar surface area (TPSA) is 17.1 Å². The highest BCUT2D eigenvalue weighted by Gasteiger charge is 1.93. The highest BCUT2D eigenvalue weighted by atomic mass is 16.1. The van der Waals surface area contributed by atoms with Crippen LogP contribution in [-0.4, -0.2) is 5.78 Å². The van der Waals surface area contributed by atoms with E-state index in [0.717, 1.165) is 12.8 Å². The van der Waals surface area contributed by atoms with Crippen molar-refractivity contribution in [2.24, 2.45) is 0 Å². The largest absolute Gasteiger partial charge is 0.300 e. The van der Waals surface area contributed by atoms with Crippen LogP contribution in [0.25, 0.3) is 0 Å². The van der Waals surface area contributed by atoms with Crippen molar-refractivity contribution in [1.82, 2.24) is 0 Å². The smallest absolute Gasteiger partial charge is 0.130 e. The van der Waals surface area contributed by atoms with Crippen LogP contribution in [0.3, 0.4) is 0 Å². The van der Waals surface area contributed by atoms with E-state index in [4.69, 9.17) is 0 Å². The van der Waals surface area contributed by atoms with Gasteiger partial charge in [0, 0.05) is 6.42 Å². The van der Waals surface area contributed by atoms with Crippen molar-refractivity contribution in [3.63, 3.8) is 0 Å². The summed E-state index contributed by atoms with van der Waals surface area (Å²) in [5.41, 5.74) is 1.35. The lowest BCUT2D eigenvalue weighted by Gasteiger charge is -1.97. The maximum Gasteiger partial charge on any atom is 0.130 e. The molecule has 0 heterocycles. The average Bonchev–Trinajstić information content (AvgIpc) is 1.97. The molecule has 0 fully saturated rings. The van der Waals surface area contributed by atoms with Crippen LogP contribution >= 0.6 is 0 Å². The third kappa shape index (κ3) is 7.31. The molecule has 0 unspecified atom stereocenters. The Bertz CT molecular complexity index is 145. The first kappa shape index (κ1) is 10.4. The molecule has 0 rings (SSSR count). The van der Waals surface area contributed by atoms with Crippen molar-refractivity contribution in [3.8, 4) is 0 Å². The Balaban J connectivity index is 3.50. The van der Waals surface area contributed by atoms with Gasteiger partial charge in [0.05, 0.1) is 0 Å². The van der Waals surface area contributed by atoms with E-state index in [0.29, 0.717) is 6.42 Å². The summed E-state index contributed by atoms with van der Waals surface area (Å²) in [6.07, 6.45) is 6.20. The molecule has 0 aromatic carbocycles. The maximum absolute atomic E-state index is 10.6. The number of Topliss-reactive ketones (excluding diaryl/α,β-unsaturated/α-hetero) is 1. The molecule has 0 spiro atoms. The van der Waals surface area contributed by atoms with Crippen molar-refractivity contribution in [2.45, 2.75) is 46.5 Å². The molecule has 0 aromatic rings. The van der Waals surface area contributed by atoms with E-state index in [1.54, 1.807) is 6.92 Å². The molecule has 0 aromatic heterocycles. The van der Waals surface area contributed by atoms with E-state index in [9.17, 15) is 4.79 Å². The number of allylic oxidation sites excluding steroid dienone is 2. The molecule has 0 saturated heterocycles. The minimum atomic E-state index is 0.286. The molecule has 64 valence electrons. The van der Waals surface area contributed by atoms with Crippen LogP contribution in [-0.2, 0) is 4.79 Å². The molecule has 0 N–H and O–H groups in total. The van der Waals surface area contributed by atoms with Gasteiger partial charge in [-0.2, -0.15) is 0 Å². The first-order chi connectivity index (χ1) is 5.16. The lowest BCUT2D eigenvalue weighted by molar-refractivity contribution is -0.116. The molecule has 0 bridgehead atoms. The second-order valence-corrected chi connectivity index (χ2v) is 3.04. The summed E-state index contributed by atoms with van der Waals surface area (Å²) in [6.45, 7) is 5.90. The average molecular weight is 154 g/mol. The van der Waals surface area contributed by atoms with Crippen molar-refractivity contribution >= 4 is 5.78 Å². The van der Waals surface area contributed by atoms with E-state index in [-0.39, 0.29) is 5.78 Å². The van der Waals surface area contributed by atoms with E-state index < -0.39 is 0 Å². The van der Waals surface area contributed by atoms with E-state index in [1.807, 2.05) is 0 Å². The Morgan fingerprint density at radius 3 is 2.36 bits per heavy atom. The Morgan fingerprint density at radius 1 is 1.27 bits per heavy atom. The summed E-state index contributed by atoms with van der Waals surface area (Å²) in [6, 6.07) is 0. The summed E-state index contributed by atoms with van der Waals surface area (Å²) < 4.78 is 0. The van der Waals surface area contributed by atoms with Crippen LogP contribution in [0.2, 0.25) is 0 Å². The van der Waals surface area contributed by atoms with Crippen molar-refractivity contribution in [2.75, 3.05) is 0 Å². The van der Waals surface area contributed by atoms with Crippen molar-refractivity contribution in [1.29, 1.82) is 0 Å². The van der Waals surface area contributed by atoms with Crippen LogP contribution in [0.5, 0.6) is 0 Å². The first-order valence-corrected chi connectivity index (χ1v) is 4.32. The molecule has 0 saturated carbocycles. The van der Waals surface area contributed by atoms with Gasteiger partial charge in [0.15, 0.2) is 0 Å². The molecular formula is C10H18O. The van der Waals surface area contributed by atoms with Gasteiger partial charge in [-0.05, 0) is 26.7 Å². The van der Waals surface area contributed by atoms with Crippen LogP contribution < -0.4 is 0 Å². The van der Waals surface area contributed by atoms with Crippen molar-refractivity contribution < 1.29 is 4.79 Å². The monoisotopic (exact) mass is 154 g/mol. The third-order valence-corrected chi connectivity index (χ3v) is 1.65. The number of ketones is 1.